The van der Waals surface area contributed by atoms with E-state index in [1.165, 1.54) is 12.3 Å². The molecule has 2 aliphatic rings. The molecule has 1 aliphatic carbocycles. The van der Waals surface area contributed by atoms with Gasteiger partial charge in [0.1, 0.15) is 11.5 Å². The summed E-state index contributed by atoms with van der Waals surface area (Å²) in [5.74, 6) is -0.224. The predicted molar refractivity (Wildman–Crippen MR) is 90.4 cm³/mol. The minimum Gasteiger partial charge on any atom is -0.477 e. The van der Waals surface area contributed by atoms with E-state index in [9.17, 15) is 9.59 Å². The molecule has 0 bridgehead atoms. The van der Waals surface area contributed by atoms with Gasteiger partial charge in [-0.15, -0.1) is 0 Å². The van der Waals surface area contributed by atoms with Crippen LogP contribution in [0.3, 0.4) is 0 Å². The molecule has 24 heavy (non-hydrogen) atoms. The van der Waals surface area contributed by atoms with E-state index in [4.69, 9.17) is 5.11 Å². The molecule has 6 nitrogen and oxygen atoms in total. The van der Waals surface area contributed by atoms with E-state index in [1.54, 1.807) is 0 Å². The maximum atomic E-state index is 13.1. The summed E-state index contributed by atoms with van der Waals surface area (Å²) in [6.07, 6.45) is 4.68. The molecule has 0 radical (unpaired) electrons. The largest absolute Gasteiger partial charge is 0.477 e. The second-order valence-electron chi connectivity index (χ2n) is 6.76. The Bertz CT molecular complexity index is 797. The number of carboxylic acids is 1. The van der Waals surface area contributed by atoms with Crippen molar-refractivity contribution in [1.82, 2.24) is 9.88 Å². The Balaban J connectivity index is 2.02. The number of carboxylic acid groups (broad SMARTS) is 1. The highest BCUT2D eigenvalue weighted by molar-refractivity contribution is 6.05. The van der Waals surface area contributed by atoms with Crippen LogP contribution in [0.1, 0.15) is 53.6 Å². The normalized spacial score (nSPS) is 26.6. The van der Waals surface area contributed by atoms with Gasteiger partial charge < -0.3 is 10.0 Å². The van der Waals surface area contributed by atoms with E-state index < -0.39 is 11.4 Å². The summed E-state index contributed by atoms with van der Waals surface area (Å²) in [7, 11) is 1.98. The first-order valence-corrected chi connectivity index (χ1v) is 8.01. The summed E-state index contributed by atoms with van der Waals surface area (Å²) in [6, 6.07) is 1.69. The summed E-state index contributed by atoms with van der Waals surface area (Å²) in [5.41, 5.74) is 1.34. The Hall–Kier alpha value is -2.50. The zero-order chi connectivity index (χ0) is 17.6. The third kappa shape index (κ3) is 2.42. The molecule has 1 aliphatic heterocycles. The van der Waals surface area contributed by atoms with Gasteiger partial charge in [-0.25, -0.2) is 14.8 Å². The molecule has 2 atom stereocenters. The van der Waals surface area contributed by atoms with E-state index >= 15 is 0 Å². The number of allylic oxidation sites excluding steroid dienone is 1. The number of hydrogen-bond donors (Lipinski definition) is 1. The molecule has 0 spiro atoms. The zero-order valence-corrected chi connectivity index (χ0v) is 14.3. The van der Waals surface area contributed by atoms with Gasteiger partial charge in [0.2, 0.25) is 0 Å². The van der Waals surface area contributed by atoms with Gasteiger partial charge in [0.25, 0.3) is 0 Å². The fourth-order valence-corrected chi connectivity index (χ4v) is 3.30. The minimum absolute atomic E-state index is 0.0221. The van der Waals surface area contributed by atoms with Gasteiger partial charge in [0.15, 0.2) is 5.78 Å². The fraction of sp³-hybridized carbons (Fsp3) is 0.444. The Labute approximate surface area is 140 Å². The highest BCUT2D eigenvalue weighted by Gasteiger charge is 2.43. The average molecular weight is 327 g/mol. The molecule has 1 aromatic heterocycles. The van der Waals surface area contributed by atoms with Crippen LogP contribution in [0.15, 0.2) is 29.0 Å². The van der Waals surface area contributed by atoms with Crippen molar-refractivity contribution in [2.75, 3.05) is 7.05 Å². The van der Waals surface area contributed by atoms with Crippen molar-refractivity contribution in [3.63, 3.8) is 0 Å². The average Bonchev–Trinajstić information content (AvgIpc) is 2.55. The number of nitrogens with zero attached hydrogens (tertiary/aromatic N) is 3. The number of rotatable bonds is 2. The molecular weight excluding hydrogens is 306 g/mol. The summed E-state index contributed by atoms with van der Waals surface area (Å²) in [4.78, 5) is 34.8. The molecule has 126 valence electrons. The lowest BCUT2D eigenvalue weighted by Gasteiger charge is -2.38. The number of Topliss-reactive ketones (excluding diaryl/α,β-unsaturated/α-hetero) is 1. The summed E-state index contributed by atoms with van der Waals surface area (Å²) in [6.45, 7) is 5.93. The first kappa shape index (κ1) is 16.4. The first-order valence-electron chi connectivity index (χ1n) is 8.01. The van der Waals surface area contributed by atoms with Crippen molar-refractivity contribution in [1.29, 1.82) is 0 Å². The fourth-order valence-electron chi connectivity index (χ4n) is 3.30. The van der Waals surface area contributed by atoms with E-state index in [0.29, 0.717) is 18.4 Å². The molecule has 0 saturated heterocycles. The molecule has 1 N–H and O–H groups in total. The smallest absolute Gasteiger partial charge is 0.354 e. The number of aliphatic imine (C=N–C) groups is 1. The zero-order valence-electron chi connectivity index (χ0n) is 14.3. The van der Waals surface area contributed by atoms with E-state index in [1.807, 2.05) is 27.0 Å². The van der Waals surface area contributed by atoms with Crippen molar-refractivity contribution in [3.05, 3.63) is 40.9 Å². The maximum absolute atomic E-state index is 13.1. The molecule has 0 aromatic carbocycles. The van der Waals surface area contributed by atoms with Gasteiger partial charge in [0, 0.05) is 24.8 Å². The number of fused-ring (bicyclic) bond motifs is 1. The Morgan fingerprint density at radius 3 is 2.79 bits per heavy atom. The van der Waals surface area contributed by atoms with Gasteiger partial charge in [-0.1, -0.05) is 0 Å². The lowest BCUT2D eigenvalue weighted by atomic mass is 9.69. The van der Waals surface area contributed by atoms with Crippen LogP contribution < -0.4 is 0 Å². The van der Waals surface area contributed by atoms with Crippen molar-refractivity contribution in [3.8, 4) is 0 Å². The second-order valence-corrected chi connectivity index (χ2v) is 6.76. The molecular formula is C18H21N3O3. The Kier molecular flexibility index (Phi) is 3.78. The van der Waals surface area contributed by atoms with Gasteiger partial charge in [-0.3, -0.25) is 4.79 Å². The maximum Gasteiger partial charge on any atom is 0.354 e. The number of aryl methyl sites for hydroxylation is 1. The third-order valence-electron chi connectivity index (χ3n) is 5.22. The minimum atomic E-state index is -1.08. The standard InChI is InChI=1S/C18H21N3O3/c1-10-7-15(20-11(2)21(10)4)18(3)6-5-12-8-14(17(23)24)19-9-13(12)16(18)22/h7-10H,5-6H2,1-4H3,(H,23,24). The molecule has 3 rings (SSSR count). The number of aromatic carboxylic acids is 1. The Morgan fingerprint density at radius 2 is 2.17 bits per heavy atom. The molecule has 6 heteroatoms. The van der Waals surface area contributed by atoms with Crippen molar-refractivity contribution in [2.45, 2.75) is 39.7 Å². The van der Waals surface area contributed by atoms with E-state index in [-0.39, 0.29) is 17.5 Å². The molecule has 2 unspecified atom stereocenters. The second kappa shape index (κ2) is 5.54. The van der Waals surface area contributed by atoms with E-state index in [0.717, 1.165) is 17.1 Å². The molecule has 2 heterocycles. The van der Waals surface area contributed by atoms with E-state index in [2.05, 4.69) is 21.8 Å². The predicted octanol–water partition coefficient (Wildman–Crippen LogP) is 2.55. The molecule has 0 fully saturated rings. The highest BCUT2D eigenvalue weighted by Crippen LogP contribution is 2.42. The quantitative estimate of drug-likeness (QED) is 0.902. The number of carbonyl (C=O) groups excluding carboxylic acids is 1. The molecule has 0 amide bonds. The van der Waals surface area contributed by atoms with Crippen LogP contribution in [0, 0.1) is 5.41 Å². The molecule has 0 saturated carbocycles. The van der Waals surface area contributed by atoms with Crippen LogP contribution in [0.25, 0.3) is 0 Å². The van der Waals surface area contributed by atoms with Crippen molar-refractivity contribution in [2.24, 2.45) is 10.4 Å². The van der Waals surface area contributed by atoms with Crippen LogP contribution in [0.4, 0.5) is 0 Å². The van der Waals surface area contributed by atoms with Crippen LogP contribution >= 0.6 is 0 Å². The topological polar surface area (TPSA) is 82.9 Å². The van der Waals surface area contributed by atoms with Gasteiger partial charge in [-0.05, 0) is 51.3 Å². The number of likely N-dealkylation sites (N-methyl/N-ethyl adjacent to an activating group) is 1. The van der Waals surface area contributed by atoms with Crippen LogP contribution in [0.5, 0.6) is 0 Å². The number of amidine groups is 1. The summed E-state index contributed by atoms with van der Waals surface area (Å²) < 4.78 is 0. The third-order valence-corrected chi connectivity index (χ3v) is 5.22. The number of hydrogen-bond acceptors (Lipinski definition) is 5. The van der Waals surface area contributed by atoms with Crippen molar-refractivity contribution >= 4 is 17.6 Å². The van der Waals surface area contributed by atoms with Crippen LogP contribution in [0.2, 0.25) is 0 Å². The molecule has 1 aromatic rings. The number of carbonyl (C=O) groups is 2. The lowest BCUT2D eigenvalue weighted by molar-refractivity contribution is 0.0688. The lowest BCUT2D eigenvalue weighted by Crippen LogP contribution is -2.41. The summed E-state index contributed by atoms with van der Waals surface area (Å²) >= 11 is 0. The van der Waals surface area contributed by atoms with Crippen LogP contribution in [-0.2, 0) is 6.42 Å². The number of pyridine rings is 1. The van der Waals surface area contributed by atoms with Gasteiger partial charge in [0.05, 0.1) is 11.1 Å². The first-order chi connectivity index (χ1) is 11.2. The Morgan fingerprint density at radius 1 is 1.46 bits per heavy atom. The SMILES string of the molecule is CC1=NC(C2(C)CCc3cc(C(=O)O)ncc3C2=O)=CC(C)N1C. The summed E-state index contributed by atoms with van der Waals surface area (Å²) in [5, 5.41) is 9.06. The van der Waals surface area contributed by atoms with Crippen molar-refractivity contribution < 1.29 is 14.7 Å². The highest BCUT2D eigenvalue weighted by atomic mass is 16.4. The van der Waals surface area contributed by atoms with Crippen LogP contribution in [-0.4, -0.2) is 45.7 Å². The van der Waals surface area contributed by atoms with Gasteiger partial charge >= 0.3 is 5.97 Å². The number of aromatic nitrogens is 1. The van der Waals surface area contributed by atoms with Gasteiger partial charge in [-0.2, -0.15) is 0 Å². The monoisotopic (exact) mass is 327 g/mol. The number of ketones is 1.